The van der Waals surface area contributed by atoms with Gasteiger partial charge in [-0.25, -0.2) is 9.67 Å². The Kier molecular flexibility index (Phi) is 9.15. The van der Waals surface area contributed by atoms with E-state index in [1.807, 2.05) is 52.3 Å². The molecule has 0 saturated carbocycles. The maximum absolute atomic E-state index is 10.3. The smallest absolute Gasteiger partial charge is 0.229 e. The number of aryl methyl sites for hydroxylation is 1. The standard InChI is InChI=1S/C29H38N8O4/c1-9-28(38)31-20-15-21(24(39-6)17-23(20)36(5)13-12-35(3)4)32-29-30-11-10-27(33-29)37-22-16-26(41-8)25(40-7)14-19(22)18(2)34-37/h9-11,14-17,28,31,38H,1,12-13H2,2-8H3,(H,30,32,33). The van der Waals surface area contributed by atoms with Crippen LogP contribution in [-0.2, 0) is 0 Å². The SMILES string of the molecule is C=CC(O)Nc1cc(Nc2nccc(-n3nc(C)c4cc(OC)c(OC)cc43)n2)c(OC)cc1N(C)CCN(C)C. The van der Waals surface area contributed by atoms with Gasteiger partial charge in [-0.05, 0) is 39.2 Å². The molecule has 1 atom stereocenters. The maximum atomic E-state index is 10.3. The molecule has 4 aromatic rings. The second-order valence-electron chi connectivity index (χ2n) is 9.70. The van der Waals surface area contributed by atoms with Crippen molar-refractivity contribution in [3.8, 4) is 23.1 Å². The Bertz CT molecular complexity index is 1520. The second-order valence-corrected chi connectivity index (χ2v) is 9.70. The second kappa shape index (κ2) is 12.7. The number of ether oxygens (including phenoxy) is 3. The number of anilines is 4. The fourth-order valence-electron chi connectivity index (χ4n) is 4.37. The van der Waals surface area contributed by atoms with Gasteiger partial charge in [0.2, 0.25) is 5.95 Å². The number of hydrogen-bond acceptors (Lipinski definition) is 11. The number of nitrogens with zero attached hydrogens (tertiary/aromatic N) is 6. The number of aliphatic hydroxyl groups is 1. The first-order valence-electron chi connectivity index (χ1n) is 13.1. The summed E-state index contributed by atoms with van der Waals surface area (Å²) in [5.74, 6) is 2.71. The van der Waals surface area contributed by atoms with Gasteiger partial charge >= 0.3 is 0 Å². The molecule has 0 saturated heterocycles. The monoisotopic (exact) mass is 562 g/mol. The van der Waals surface area contributed by atoms with Crippen molar-refractivity contribution in [1.29, 1.82) is 0 Å². The summed E-state index contributed by atoms with van der Waals surface area (Å²) >= 11 is 0. The van der Waals surface area contributed by atoms with Crippen molar-refractivity contribution in [2.24, 2.45) is 0 Å². The first-order chi connectivity index (χ1) is 19.7. The van der Waals surface area contributed by atoms with Crippen molar-refractivity contribution in [2.75, 3.05) is 71.1 Å². The van der Waals surface area contributed by atoms with E-state index in [0.717, 1.165) is 35.4 Å². The average Bonchev–Trinajstić information content (AvgIpc) is 3.30. The van der Waals surface area contributed by atoms with Gasteiger partial charge in [0.1, 0.15) is 12.0 Å². The molecule has 0 fully saturated rings. The zero-order chi connectivity index (χ0) is 29.7. The zero-order valence-corrected chi connectivity index (χ0v) is 24.6. The fraction of sp³-hybridized carbons (Fsp3) is 0.345. The summed E-state index contributed by atoms with van der Waals surface area (Å²) in [6.45, 7) is 7.23. The summed E-state index contributed by atoms with van der Waals surface area (Å²) in [7, 11) is 10.8. The van der Waals surface area contributed by atoms with Crippen LogP contribution in [0.3, 0.4) is 0 Å². The number of aliphatic hydroxyl groups excluding tert-OH is 1. The molecule has 12 heteroatoms. The fourth-order valence-corrected chi connectivity index (χ4v) is 4.37. The van der Waals surface area contributed by atoms with Crippen molar-refractivity contribution < 1.29 is 19.3 Å². The van der Waals surface area contributed by atoms with E-state index >= 15 is 0 Å². The Balaban J connectivity index is 1.73. The average molecular weight is 563 g/mol. The summed E-state index contributed by atoms with van der Waals surface area (Å²) in [6, 6.07) is 9.32. The van der Waals surface area contributed by atoms with Gasteiger partial charge in [-0.3, -0.25) is 0 Å². The third-order valence-electron chi connectivity index (χ3n) is 6.61. The predicted molar refractivity (Wildman–Crippen MR) is 162 cm³/mol. The van der Waals surface area contributed by atoms with Crippen LogP contribution in [0.15, 0.2) is 49.2 Å². The molecule has 0 spiro atoms. The molecule has 218 valence electrons. The number of fused-ring (bicyclic) bond motifs is 1. The summed E-state index contributed by atoms with van der Waals surface area (Å²) in [4.78, 5) is 13.4. The van der Waals surface area contributed by atoms with Gasteiger partial charge < -0.3 is 39.8 Å². The van der Waals surface area contributed by atoms with Crippen LogP contribution in [0.4, 0.5) is 23.0 Å². The Hall–Kier alpha value is -4.55. The summed E-state index contributed by atoms with van der Waals surface area (Å²) in [5.41, 5.74) is 3.79. The molecule has 0 bridgehead atoms. The van der Waals surface area contributed by atoms with Gasteiger partial charge in [-0.15, -0.1) is 0 Å². The van der Waals surface area contributed by atoms with Crippen LogP contribution in [0.25, 0.3) is 16.7 Å². The molecule has 0 radical (unpaired) electrons. The number of methoxy groups -OCH3 is 3. The maximum Gasteiger partial charge on any atom is 0.229 e. The molecule has 0 aliphatic rings. The first kappa shape index (κ1) is 29.4. The zero-order valence-electron chi connectivity index (χ0n) is 24.6. The van der Waals surface area contributed by atoms with Gasteiger partial charge in [0.15, 0.2) is 17.3 Å². The number of likely N-dealkylation sites (N-methyl/N-ethyl adjacent to an activating group) is 2. The molecule has 4 rings (SSSR count). The van der Waals surface area contributed by atoms with Crippen LogP contribution in [0.5, 0.6) is 17.2 Å². The molecule has 2 heterocycles. The van der Waals surface area contributed by atoms with Crippen molar-refractivity contribution in [3.05, 3.63) is 54.9 Å². The Labute approximate surface area is 240 Å². The molecule has 41 heavy (non-hydrogen) atoms. The molecule has 0 aliphatic heterocycles. The molecule has 1 unspecified atom stereocenters. The number of benzene rings is 2. The summed E-state index contributed by atoms with van der Waals surface area (Å²) < 4.78 is 18.5. The molecular formula is C29H38N8O4. The minimum atomic E-state index is -0.941. The molecule has 12 nitrogen and oxygen atoms in total. The predicted octanol–water partition coefficient (Wildman–Crippen LogP) is 3.81. The molecular weight excluding hydrogens is 524 g/mol. The van der Waals surface area contributed by atoms with Gasteiger partial charge in [0.05, 0.1) is 49.6 Å². The quantitative estimate of drug-likeness (QED) is 0.163. The number of hydrogen-bond donors (Lipinski definition) is 3. The van der Waals surface area contributed by atoms with E-state index in [1.54, 1.807) is 38.3 Å². The van der Waals surface area contributed by atoms with E-state index in [2.05, 4.69) is 32.0 Å². The van der Waals surface area contributed by atoms with Gasteiger partial charge in [0, 0.05) is 49.9 Å². The van der Waals surface area contributed by atoms with Crippen molar-refractivity contribution in [2.45, 2.75) is 13.2 Å². The van der Waals surface area contributed by atoms with E-state index in [9.17, 15) is 5.11 Å². The summed E-state index contributed by atoms with van der Waals surface area (Å²) in [6.07, 6.45) is 2.14. The molecule has 0 aliphatic carbocycles. The van der Waals surface area contributed by atoms with Crippen LogP contribution in [0, 0.1) is 6.92 Å². The third kappa shape index (κ3) is 6.44. The third-order valence-corrected chi connectivity index (χ3v) is 6.61. The summed E-state index contributed by atoms with van der Waals surface area (Å²) in [5, 5.41) is 22.3. The lowest BCUT2D eigenvalue weighted by Crippen LogP contribution is -2.29. The van der Waals surface area contributed by atoms with Crippen LogP contribution in [0.2, 0.25) is 0 Å². The van der Waals surface area contributed by atoms with E-state index in [-0.39, 0.29) is 0 Å². The number of rotatable bonds is 13. The van der Waals surface area contributed by atoms with E-state index in [1.165, 1.54) is 6.08 Å². The Morgan fingerprint density at radius 2 is 1.71 bits per heavy atom. The minimum absolute atomic E-state index is 0.339. The van der Waals surface area contributed by atoms with Gasteiger partial charge in [-0.1, -0.05) is 6.58 Å². The van der Waals surface area contributed by atoms with Crippen molar-refractivity contribution in [3.63, 3.8) is 0 Å². The van der Waals surface area contributed by atoms with Crippen LogP contribution in [-0.4, -0.2) is 91.5 Å². The number of aromatic nitrogens is 4. The molecule has 2 aromatic carbocycles. The lowest BCUT2D eigenvalue weighted by atomic mass is 10.2. The van der Waals surface area contributed by atoms with E-state index < -0.39 is 6.23 Å². The van der Waals surface area contributed by atoms with E-state index in [4.69, 9.17) is 24.3 Å². The molecule has 2 aromatic heterocycles. The van der Waals surface area contributed by atoms with Crippen LogP contribution >= 0.6 is 0 Å². The lowest BCUT2D eigenvalue weighted by Gasteiger charge is -2.27. The normalized spacial score (nSPS) is 11.8. The molecule has 0 amide bonds. The minimum Gasteiger partial charge on any atom is -0.494 e. The van der Waals surface area contributed by atoms with Gasteiger partial charge in [0.25, 0.3) is 0 Å². The van der Waals surface area contributed by atoms with Gasteiger partial charge in [-0.2, -0.15) is 10.1 Å². The highest BCUT2D eigenvalue weighted by molar-refractivity contribution is 5.87. The van der Waals surface area contributed by atoms with Crippen molar-refractivity contribution in [1.82, 2.24) is 24.6 Å². The first-order valence-corrected chi connectivity index (χ1v) is 13.1. The Morgan fingerprint density at radius 3 is 2.37 bits per heavy atom. The highest BCUT2D eigenvalue weighted by Gasteiger charge is 2.18. The van der Waals surface area contributed by atoms with E-state index in [0.29, 0.717) is 40.4 Å². The topological polar surface area (TPSA) is 122 Å². The highest BCUT2D eigenvalue weighted by atomic mass is 16.5. The Morgan fingerprint density at radius 1 is 1.00 bits per heavy atom. The largest absolute Gasteiger partial charge is 0.494 e. The van der Waals surface area contributed by atoms with Crippen molar-refractivity contribution >= 4 is 33.9 Å². The molecule has 3 N–H and O–H groups in total. The highest BCUT2D eigenvalue weighted by Crippen LogP contribution is 2.38. The van der Waals surface area contributed by atoms with Crippen LogP contribution < -0.4 is 29.7 Å². The van der Waals surface area contributed by atoms with Crippen LogP contribution in [0.1, 0.15) is 5.69 Å². The lowest BCUT2D eigenvalue weighted by molar-refractivity contribution is 0.253. The number of nitrogens with one attached hydrogen (secondary N) is 2.